The molecular weight excluding hydrogens is 278 g/mol. The summed E-state index contributed by atoms with van der Waals surface area (Å²) in [5.41, 5.74) is 0. The number of nitrogens with one attached hydrogen (secondary N) is 1. The third-order valence-corrected chi connectivity index (χ3v) is 3.52. The molecule has 0 aliphatic heterocycles. The lowest BCUT2D eigenvalue weighted by molar-refractivity contribution is -0.147. The molecular formula is C11H14ClNO4S. The summed E-state index contributed by atoms with van der Waals surface area (Å²) < 4.78 is 23.4. The monoisotopic (exact) mass is 291 g/mol. The predicted octanol–water partition coefficient (Wildman–Crippen LogP) is 2.27. The van der Waals surface area contributed by atoms with Gasteiger partial charge in [0.05, 0.1) is 4.90 Å². The fraction of sp³-hybridized carbons (Fsp3) is 0.364. The van der Waals surface area contributed by atoms with E-state index in [-0.39, 0.29) is 16.3 Å². The number of carbonyl (C=O) groups excluding carboxylic acids is 1. The van der Waals surface area contributed by atoms with E-state index in [1.165, 1.54) is 18.2 Å². The molecule has 0 heterocycles. The van der Waals surface area contributed by atoms with Crippen LogP contribution < -0.4 is 4.89 Å². The van der Waals surface area contributed by atoms with Crippen LogP contribution in [0.2, 0.25) is 5.02 Å². The number of hydrogen-bond donors (Lipinski definition) is 1. The van der Waals surface area contributed by atoms with Crippen molar-refractivity contribution in [3.05, 3.63) is 29.3 Å². The highest BCUT2D eigenvalue weighted by Gasteiger charge is 2.16. The molecule has 0 aromatic heterocycles. The molecule has 0 spiro atoms. The first-order valence-corrected chi connectivity index (χ1v) is 7.29. The predicted molar refractivity (Wildman–Crippen MR) is 67.4 cm³/mol. The van der Waals surface area contributed by atoms with Crippen LogP contribution in [0, 0.1) is 0 Å². The third kappa shape index (κ3) is 4.64. The third-order valence-electron chi connectivity index (χ3n) is 2.11. The molecule has 0 atom stereocenters. The van der Waals surface area contributed by atoms with Gasteiger partial charge in [-0.1, -0.05) is 31.0 Å². The maximum Gasteiger partial charge on any atom is 0.326 e. The molecule has 0 bridgehead atoms. The van der Waals surface area contributed by atoms with E-state index in [0.29, 0.717) is 6.42 Å². The molecule has 0 fully saturated rings. The maximum absolute atomic E-state index is 11.7. The van der Waals surface area contributed by atoms with Crippen molar-refractivity contribution < 1.29 is 18.0 Å². The Morgan fingerprint density at radius 1 is 1.44 bits per heavy atom. The summed E-state index contributed by atoms with van der Waals surface area (Å²) in [5.74, 6) is -0.609. The van der Waals surface area contributed by atoms with E-state index in [0.717, 1.165) is 6.42 Å². The molecule has 0 aliphatic rings. The van der Waals surface area contributed by atoms with Crippen LogP contribution in [0.15, 0.2) is 29.2 Å². The quantitative estimate of drug-likeness (QED) is 0.816. The Hall–Kier alpha value is -1.11. The van der Waals surface area contributed by atoms with Crippen molar-refractivity contribution in [3.63, 3.8) is 0 Å². The van der Waals surface area contributed by atoms with Gasteiger partial charge in [-0.15, -0.1) is 0 Å². The largest absolute Gasteiger partial charge is 0.356 e. The highest BCUT2D eigenvalue weighted by atomic mass is 35.5. The first-order valence-electron chi connectivity index (χ1n) is 5.42. The van der Waals surface area contributed by atoms with Crippen LogP contribution in [0.4, 0.5) is 0 Å². The number of benzene rings is 1. The summed E-state index contributed by atoms with van der Waals surface area (Å²) in [6, 6.07) is 5.67. The van der Waals surface area contributed by atoms with Gasteiger partial charge in [0.25, 0.3) is 10.0 Å². The average Bonchev–Trinajstić information content (AvgIpc) is 2.34. The fourth-order valence-corrected chi connectivity index (χ4v) is 2.25. The average molecular weight is 292 g/mol. The van der Waals surface area contributed by atoms with Crippen molar-refractivity contribution in [3.8, 4) is 0 Å². The zero-order valence-electron chi connectivity index (χ0n) is 9.85. The van der Waals surface area contributed by atoms with E-state index in [4.69, 9.17) is 11.6 Å². The maximum atomic E-state index is 11.7. The van der Waals surface area contributed by atoms with Crippen molar-refractivity contribution in [2.45, 2.75) is 31.1 Å². The van der Waals surface area contributed by atoms with Crippen LogP contribution in [0.1, 0.15) is 26.2 Å². The lowest BCUT2D eigenvalue weighted by Crippen LogP contribution is -2.27. The summed E-state index contributed by atoms with van der Waals surface area (Å²) in [7, 11) is -3.88. The van der Waals surface area contributed by atoms with Gasteiger partial charge >= 0.3 is 5.97 Å². The molecule has 18 heavy (non-hydrogen) atoms. The molecule has 1 aromatic carbocycles. The highest BCUT2D eigenvalue weighted by molar-refractivity contribution is 7.89. The molecule has 0 unspecified atom stereocenters. The Morgan fingerprint density at radius 2 is 2.17 bits per heavy atom. The fourth-order valence-electron chi connectivity index (χ4n) is 1.16. The molecule has 0 radical (unpaired) electrons. The Kier molecular flexibility index (Phi) is 5.58. The van der Waals surface area contributed by atoms with Crippen molar-refractivity contribution in [2.24, 2.45) is 0 Å². The number of unbranched alkanes of at least 4 members (excludes halogenated alkanes) is 1. The van der Waals surface area contributed by atoms with E-state index in [2.05, 4.69) is 4.84 Å². The van der Waals surface area contributed by atoms with Gasteiger partial charge in [0.15, 0.2) is 0 Å². The first-order chi connectivity index (χ1) is 8.45. The zero-order chi connectivity index (χ0) is 13.6. The topological polar surface area (TPSA) is 72.5 Å². The van der Waals surface area contributed by atoms with Crippen LogP contribution in [0.5, 0.6) is 0 Å². The van der Waals surface area contributed by atoms with Gasteiger partial charge in [-0.25, -0.2) is 8.42 Å². The van der Waals surface area contributed by atoms with Crippen LogP contribution in [0.25, 0.3) is 0 Å². The second-order valence-electron chi connectivity index (χ2n) is 3.62. The standard InChI is InChI=1S/C11H14ClNO4S/c1-2-3-7-11(14)17-13-18(15,16)10-6-4-5-9(12)8-10/h4-6,8,13H,2-3,7H2,1H3. The minimum atomic E-state index is -3.88. The molecule has 1 N–H and O–H groups in total. The lowest BCUT2D eigenvalue weighted by atomic mass is 10.3. The summed E-state index contributed by atoms with van der Waals surface area (Å²) in [4.78, 5) is 17.4. The number of hydrogen-bond acceptors (Lipinski definition) is 4. The van der Waals surface area contributed by atoms with Crippen molar-refractivity contribution in [1.29, 1.82) is 0 Å². The molecule has 0 aliphatic carbocycles. The minimum absolute atomic E-state index is 0.0571. The highest BCUT2D eigenvalue weighted by Crippen LogP contribution is 2.15. The Balaban J connectivity index is 2.63. The van der Waals surface area contributed by atoms with E-state index >= 15 is 0 Å². The van der Waals surface area contributed by atoms with Crippen LogP contribution in [-0.2, 0) is 19.7 Å². The molecule has 0 saturated heterocycles. The van der Waals surface area contributed by atoms with Crippen molar-refractivity contribution in [2.75, 3.05) is 0 Å². The van der Waals surface area contributed by atoms with Gasteiger partial charge in [-0.2, -0.15) is 0 Å². The van der Waals surface area contributed by atoms with Crippen molar-refractivity contribution in [1.82, 2.24) is 4.89 Å². The Bertz CT molecular complexity index is 516. The minimum Gasteiger partial charge on any atom is -0.356 e. The van der Waals surface area contributed by atoms with Gasteiger partial charge in [0, 0.05) is 11.4 Å². The SMILES string of the molecule is CCCCC(=O)ONS(=O)(=O)c1cccc(Cl)c1. The molecule has 100 valence electrons. The Labute approximate surface area is 111 Å². The Morgan fingerprint density at radius 3 is 2.78 bits per heavy atom. The van der Waals surface area contributed by atoms with Crippen molar-refractivity contribution >= 4 is 27.6 Å². The van der Waals surface area contributed by atoms with E-state index in [1.54, 1.807) is 11.0 Å². The zero-order valence-corrected chi connectivity index (χ0v) is 11.4. The molecule has 0 amide bonds. The van der Waals surface area contributed by atoms with E-state index in [9.17, 15) is 13.2 Å². The first kappa shape index (κ1) is 14.9. The van der Waals surface area contributed by atoms with Gasteiger partial charge < -0.3 is 4.84 Å². The number of halogens is 1. The van der Waals surface area contributed by atoms with Gasteiger partial charge in [0.2, 0.25) is 0 Å². The van der Waals surface area contributed by atoms with Gasteiger partial charge in [0.1, 0.15) is 0 Å². The van der Waals surface area contributed by atoms with E-state index in [1.807, 2.05) is 6.92 Å². The molecule has 7 heteroatoms. The number of sulfonamides is 1. The summed E-state index contributed by atoms with van der Waals surface area (Å²) >= 11 is 5.68. The molecule has 0 saturated carbocycles. The molecule has 5 nitrogen and oxygen atoms in total. The lowest BCUT2D eigenvalue weighted by Gasteiger charge is -2.06. The smallest absolute Gasteiger partial charge is 0.326 e. The summed E-state index contributed by atoms with van der Waals surface area (Å²) in [6.45, 7) is 1.92. The second-order valence-corrected chi connectivity index (χ2v) is 5.70. The summed E-state index contributed by atoms with van der Waals surface area (Å²) in [6.07, 6.45) is 1.66. The normalized spacial score (nSPS) is 11.2. The number of carbonyl (C=O) groups is 1. The van der Waals surface area contributed by atoms with Crippen LogP contribution in [0.3, 0.4) is 0 Å². The second kappa shape index (κ2) is 6.72. The number of rotatable bonds is 6. The van der Waals surface area contributed by atoms with Crippen LogP contribution >= 0.6 is 11.6 Å². The van der Waals surface area contributed by atoms with Crippen LogP contribution in [-0.4, -0.2) is 14.4 Å². The molecule has 1 aromatic rings. The van der Waals surface area contributed by atoms with E-state index < -0.39 is 16.0 Å². The van der Waals surface area contributed by atoms with Gasteiger partial charge in [-0.3, -0.25) is 4.79 Å². The summed E-state index contributed by atoms with van der Waals surface area (Å²) in [5, 5.41) is 0.287. The molecule has 1 rings (SSSR count). The van der Waals surface area contributed by atoms with Gasteiger partial charge in [-0.05, 0) is 29.5 Å².